The molecule has 6 heteroatoms. The van der Waals surface area contributed by atoms with Crippen LogP contribution in [0.25, 0.3) is 0 Å². The van der Waals surface area contributed by atoms with Crippen LogP contribution in [0, 0.1) is 5.92 Å². The van der Waals surface area contributed by atoms with Crippen molar-refractivity contribution in [3.8, 4) is 0 Å². The van der Waals surface area contributed by atoms with Crippen molar-refractivity contribution in [2.45, 2.75) is 63.4 Å². The van der Waals surface area contributed by atoms with Gasteiger partial charge >= 0.3 is 0 Å². The first kappa shape index (κ1) is 22.0. The van der Waals surface area contributed by atoms with Crippen LogP contribution in [0.3, 0.4) is 0 Å². The molecular weight excluding hydrogens is 376 g/mol. The molecule has 158 valence electrons. The van der Waals surface area contributed by atoms with E-state index in [0.717, 1.165) is 52.4 Å². The molecule has 2 aliphatic heterocycles. The molecule has 2 saturated heterocycles. The number of rotatable bonds is 7. The maximum Gasteiger partial charge on any atom is 0.0720 e. The Balaban J connectivity index is 0.00000225. The first-order chi connectivity index (χ1) is 13.4. The Kier molecular flexibility index (Phi) is 9.03. The molecule has 1 aromatic carbocycles. The summed E-state index contributed by atoms with van der Waals surface area (Å²) in [5.74, 6) is 0.685. The van der Waals surface area contributed by atoms with Crippen LogP contribution in [0.4, 0.5) is 0 Å². The quantitative estimate of drug-likeness (QED) is 0.723. The van der Waals surface area contributed by atoms with Crippen LogP contribution in [0.1, 0.15) is 43.2 Å². The molecule has 1 aliphatic carbocycles. The standard InChI is InChI=1S/C22H34N2O3.ClH/c1-3-17(13-18(4-1)15-27-19-7-10-25-11-8-19)14-24-21-6-2-5-20(21)22-16-26-12-9-23-22;/h1,3-4,13,19-24H,2,5-12,14-16H2;1H. The maximum absolute atomic E-state index is 6.08. The van der Waals surface area contributed by atoms with Crippen molar-refractivity contribution < 1.29 is 14.2 Å². The smallest absolute Gasteiger partial charge is 0.0720 e. The Morgan fingerprint density at radius 2 is 1.89 bits per heavy atom. The molecule has 0 spiro atoms. The first-order valence-electron chi connectivity index (χ1n) is 10.7. The lowest BCUT2D eigenvalue weighted by Gasteiger charge is -2.33. The van der Waals surface area contributed by atoms with Gasteiger partial charge in [-0.1, -0.05) is 30.7 Å². The lowest BCUT2D eigenvalue weighted by Crippen LogP contribution is -2.50. The van der Waals surface area contributed by atoms with Crippen molar-refractivity contribution in [1.82, 2.24) is 10.6 Å². The lowest BCUT2D eigenvalue weighted by molar-refractivity contribution is -0.0390. The van der Waals surface area contributed by atoms with Gasteiger partial charge in [0.05, 0.1) is 25.9 Å². The summed E-state index contributed by atoms with van der Waals surface area (Å²) < 4.78 is 17.2. The Bertz CT molecular complexity index is 577. The highest BCUT2D eigenvalue weighted by atomic mass is 35.5. The number of hydrogen-bond acceptors (Lipinski definition) is 5. The molecule has 3 aliphatic rings. The van der Waals surface area contributed by atoms with Crippen molar-refractivity contribution in [2.24, 2.45) is 5.92 Å². The SMILES string of the molecule is Cl.c1cc(CNC2CCCC2C2COCCN2)cc(COC2CCOCC2)c1. The number of ether oxygens (including phenoxy) is 3. The zero-order chi connectivity index (χ0) is 18.3. The van der Waals surface area contributed by atoms with Crippen molar-refractivity contribution in [1.29, 1.82) is 0 Å². The third kappa shape index (κ3) is 6.15. The average Bonchev–Trinajstić information content (AvgIpc) is 3.21. The topological polar surface area (TPSA) is 51.8 Å². The van der Waals surface area contributed by atoms with Crippen molar-refractivity contribution in [3.05, 3.63) is 35.4 Å². The van der Waals surface area contributed by atoms with Gasteiger partial charge < -0.3 is 24.8 Å². The molecule has 28 heavy (non-hydrogen) atoms. The normalized spacial score (nSPS) is 28.8. The van der Waals surface area contributed by atoms with Crippen LogP contribution in [-0.2, 0) is 27.4 Å². The molecule has 0 amide bonds. The largest absolute Gasteiger partial charge is 0.381 e. The molecular formula is C22H35ClN2O3. The number of hydrogen-bond donors (Lipinski definition) is 2. The summed E-state index contributed by atoms with van der Waals surface area (Å²) in [4.78, 5) is 0. The molecule has 4 rings (SSSR count). The summed E-state index contributed by atoms with van der Waals surface area (Å²) in [5.41, 5.74) is 2.62. The molecule has 0 radical (unpaired) electrons. The summed E-state index contributed by atoms with van der Waals surface area (Å²) in [7, 11) is 0. The summed E-state index contributed by atoms with van der Waals surface area (Å²) in [5, 5.41) is 7.48. The van der Waals surface area contributed by atoms with Crippen LogP contribution in [-0.4, -0.2) is 51.2 Å². The van der Waals surface area contributed by atoms with Crippen LogP contribution >= 0.6 is 12.4 Å². The Morgan fingerprint density at radius 1 is 1.04 bits per heavy atom. The highest BCUT2D eigenvalue weighted by Crippen LogP contribution is 2.29. The Morgan fingerprint density at radius 3 is 2.71 bits per heavy atom. The van der Waals surface area contributed by atoms with E-state index in [1.807, 2.05) is 0 Å². The summed E-state index contributed by atoms with van der Waals surface area (Å²) in [6.07, 6.45) is 6.28. The number of benzene rings is 1. The summed E-state index contributed by atoms with van der Waals surface area (Å²) in [6, 6.07) is 9.94. The predicted octanol–water partition coefficient (Wildman–Crippen LogP) is 3.05. The minimum atomic E-state index is 0. The van der Waals surface area contributed by atoms with E-state index in [9.17, 15) is 0 Å². The highest BCUT2D eigenvalue weighted by molar-refractivity contribution is 5.85. The fourth-order valence-corrected chi connectivity index (χ4v) is 4.72. The molecule has 1 aromatic rings. The van der Waals surface area contributed by atoms with Gasteiger partial charge in [-0.05, 0) is 42.7 Å². The van der Waals surface area contributed by atoms with Gasteiger partial charge in [-0.25, -0.2) is 0 Å². The minimum absolute atomic E-state index is 0. The van der Waals surface area contributed by atoms with Gasteiger partial charge in [-0.3, -0.25) is 0 Å². The molecule has 5 nitrogen and oxygen atoms in total. The van der Waals surface area contributed by atoms with Crippen molar-refractivity contribution in [2.75, 3.05) is 33.0 Å². The van der Waals surface area contributed by atoms with Gasteiger partial charge in [-0.2, -0.15) is 0 Å². The molecule has 0 aromatic heterocycles. The van der Waals surface area contributed by atoms with Crippen LogP contribution < -0.4 is 10.6 Å². The number of nitrogens with one attached hydrogen (secondary N) is 2. The highest BCUT2D eigenvalue weighted by Gasteiger charge is 2.34. The molecule has 3 atom stereocenters. The van der Waals surface area contributed by atoms with E-state index in [4.69, 9.17) is 14.2 Å². The molecule has 2 heterocycles. The fraction of sp³-hybridized carbons (Fsp3) is 0.727. The van der Waals surface area contributed by atoms with Gasteiger partial charge in [0.15, 0.2) is 0 Å². The lowest BCUT2D eigenvalue weighted by atomic mass is 9.94. The molecule has 1 saturated carbocycles. The molecule has 3 unspecified atom stereocenters. The number of morpholine rings is 1. The van der Waals surface area contributed by atoms with Crippen molar-refractivity contribution >= 4 is 12.4 Å². The Labute approximate surface area is 175 Å². The third-order valence-corrected chi connectivity index (χ3v) is 6.25. The van der Waals surface area contributed by atoms with Crippen LogP contribution in [0.15, 0.2) is 24.3 Å². The van der Waals surface area contributed by atoms with E-state index < -0.39 is 0 Å². The second-order valence-electron chi connectivity index (χ2n) is 8.16. The van der Waals surface area contributed by atoms with Gasteiger partial charge in [-0.15, -0.1) is 12.4 Å². The van der Waals surface area contributed by atoms with Gasteiger partial charge in [0.2, 0.25) is 0 Å². The monoisotopic (exact) mass is 410 g/mol. The summed E-state index contributed by atoms with van der Waals surface area (Å²) in [6.45, 7) is 6.00. The van der Waals surface area contributed by atoms with E-state index in [0.29, 0.717) is 30.7 Å². The molecule has 3 fully saturated rings. The fourth-order valence-electron chi connectivity index (χ4n) is 4.72. The van der Waals surface area contributed by atoms with E-state index in [-0.39, 0.29) is 12.4 Å². The maximum atomic E-state index is 6.08. The second kappa shape index (κ2) is 11.5. The molecule has 0 bridgehead atoms. The zero-order valence-electron chi connectivity index (χ0n) is 16.7. The van der Waals surface area contributed by atoms with Gasteiger partial charge in [0.25, 0.3) is 0 Å². The average molecular weight is 411 g/mol. The second-order valence-corrected chi connectivity index (χ2v) is 8.16. The van der Waals surface area contributed by atoms with E-state index in [2.05, 4.69) is 34.9 Å². The summed E-state index contributed by atoms with van der Waals surface area (Å²) >= 11 is 0. The minimum Gasteiger partial charge on any atom is -0.381 e. The van der Waals surface area contributed by atoms with Crippen LogP contribution in [0.5, 0.6) is 0 Å². The number of halogens is 1. The third-order valence-electron chi connectivity index (χ3n) is 6.25. The van der Waals surface area contributed by atoms with Crippen LogP contribution in [0.2, 0.25) is 0 Å². The predicted molar refractivity (Wildman–Crippen MR) is 113 cm³/mol. The van der Waals surface area contributed by atoms with E-state index >= 15 is 0 Å². The van der Waals surface area contributed by atoms with Crippen molar-refractivity contribution in [3.63, 3.8) is 0 Å². The van der Waals surface area contributed by atoms with Gasteiger partial charge in [0, 0.05) is 38.4 Å². The van der Waals surface area contributed by atoms with E-state index in [1.165, 1.54) is 30.4 Å². The first-order valence-corrected chi connectivity index (χ1v) is 10.7. The molecule has 2 N–H and O–H groups in total. The van der Waals surface area contributed by atoms with E-state index in [1.54, 1.807) is 0 Å². The Hall–Kier alpha value is -0.690. The zero-order valence-corrected chi connectivity index (χ0v) is 17.6. The van der Waals surface area contributed by atoms with Gasteiger partial charge in [0.1, 0.15) is 0 Å².